The number of likely N-dealkylation sites (tertiary alicyclic amines) is 1. The molecule has 1 fully saturated rings. The molecule has 0 aliphatic carbocycles. The molecule has 0 bridgehead atoms. The lowest BCUT2D eigenvalue weighted by molar-refractivity contribution is -0.140. The Bertz CT molecular complexity index is 439. The van der Waals surface area contributed by atoms with E-state index in [0.29, 0.717) is 12.8 Å². The first-order valence-electron chi connectivity index (χ1n) is 11.6. The van der Waals surface area contributed by atoms with Crippen molar-refractivity contribution in [1.82, 2.24) is 4.90 Å². The highest BCUT2D eigenvalue weighted by Crippen LogP contribution is 2.25. The van der Waals surface area contributed by atoms with Gasteiger partial charge in [0, 0.05) is 12.8 Å². The molecule has 3 nitrogen and oxygen atoms in total. The first-order chi connectivity index (χ1) is 13.1. The summed E-state index contributed by atoms with van der Waals surface area (Å²) in [6.07, 6.45) is 20.3. The lowest BCUT2D eigenvalue weighted by Gasteiger charge is -2.27. The van der Waals surface area contributed by atoms with Gasteiger partial charge in [-0.3, -0.25) is 14.5 Å². The van der Waals surface area contributed by atoms with Crippen LogP contribution < -0.4 is 0 Å². The summed E-state index contributed by atoms with van der Waals surface area (Å²) < 4.78 is 0. The molecular formula is C24H43NO2. The van der Waals surface area contributed by atoms with Gasteiger partial charge in [0.2, 0.25) is 11.8 Å². The molecule has 156 valence electrons. The maximum Gasteiger partial charge on any atom is 0.230 e. The molecule has 0 saturated carbocycles. The maximum absolute atomic E-state index is 12.3. The molecule has 1 saturated heterocycles. The Balaban J connectivity index is 2.50. The van der Waals surface area contributed by atoms with Crippen molar-refractivity contribution < 1.29 is 9.59 Å². The molecule has 1 unspecified atom stereocenters. The predicted molar refractivity (Wildman–Crippen MR) is 115 cm³/mol. The highest BCUT2D eigenvalue weighted by Gasteiger charge is 2.35. The Kier molecular flexibility index (Phi) is 13.2. The van der Waals surface area contributed by atoms with Gasteiger partial charge in [0.25, 0.3) is 0 Å². The average Bonchev–Trinajstić information content (AvgIpc) is 2.99. The monoisotopic (exact) mass is 377 g/mol. The van der Waals surface area contributed by atoms with E-state index >= 15 is 0 Å². The molecule has 0 aromatic heterocycles. The van der Waals surface area contributed by atoms with E-state index in [9.17, 15) is 9.59 Å². The van der Waals surface area contributed by atoms with Crippen molar-refractivity contribution in [1.29, 1.82) is 0 Å². The lowest BCUT2D eigenvalue weighted by atomic mass is 9.97. The van der Waals surface area contributed by atoms with Crippen LogP contribution in [0.3, 0.4) is 0 Å². The molecule has 1 aliphatic heterocycles. The van der Waals surface area contributed by atoms with Gasteiger partial charge in [0.15, 0.2) is 0 Å². The van der Waals surface area contributed by atoms with E-state index in [4.69, 9.17) is 0 Å². The average molecular weight is 378 g/mol. The van der Waals surface area contributed by atoms with Crippen molar-refractivity contribution in [3.63, 3.8) is 0 Å². The van der Waals surface area contributed by atoms with Crippen molar-refractivity contribution in [3.05, 3.63) is 11.6 Å². The minimum absolute atomic E-state index is 0.00113. The number of carbonyl (C=O) groups is 2. The van der Waals surface area contributed by atoms with Crippen molar-refractivity contribution >= 4 is 11.8 Å². The van der Waals surface area contributed by atoms with Crippen molar-refractivity contribution in [2.45, 2.75) is 130 Å². The number of allylic oxidation sites excluding steroid dienone is 1. The summed E-state index contributed by atoms with van der Waals surface area (Å²) in [6, 6.07) is -0.00113. The van der Waals surface area contributed by atoms with Gasteiger partial charge in [0.05, 0.1) is 6.04 Å². The second kappa shape index (κ2) is 14.9. The minimum Gasteiger partial charge on any atom is -0.275 e. The lowest BCUT2D eigenvalue weighted by Crippen LogP contribution is -2.40. The zero-order chi connectivity index (χ0) is 19.9. The van der Waals surface area contributed by atoms with Gasteiger partial charge < -0.3 is 0 Å². The first kappa shape index (κ1) is 23.9. The molecule has 0 aromatic carbocycles. The summed E-state index contributed by atoms with van der Waals surface area (Å²) in [5.41, 5.74) is 1.22. The van der Waals surface area contributed by atoms with Gasteiger partial charge in [0.1, 0.15) is 0 Å². The number of imide groups is 1. The van der Waals surface area contributed by atoms with E-state index in [2.05, 4.69) is 26.8 Å². The van der Waals surface area contributed by atoms with Gasteiger partial charge in [-0.15, -0.1) is 0 Å². The largest absolute Gasteiger partial charge is 0.275 e. The maximum atomic E-state index is 12.3. The molecule has 1 aliphatic rings. The van der Waals surface area contributed by atoms with E-state index in [-0.39, 0.29) is 17.9 Å². The van der Waals surface area contributed by atoms with Gasteiger partial charge in [-0.1, -0.05) is 96.1 Å². The van der Waals surface area contributed by atoms with Crippen LogP contribution in [0.4, 0.5) is 0 Å². The van der Waals surface area contributed by atoms with E-state index in [1.54, 1.807) is 4.90 Å². The van der Waals surface area contributed by atoms with Crippen LogP contribution >= 0.6 is 0 Å². The third-order valence-electron chi connectivity index (χ3n) is 5.78. The van der Waals surface area contributed by atoms with Crippen LogP contribution in [0.2, 0.25) is 0 Å². The minimum atomic E-state index is -0.00113. The number of rotatable bonds is 16. The zero-order valence-electron chi connectivity index (χ0n) is 18.2. The van der Waals surface area contributed by atoms with Crippen molar-refractivity contribution in [2.24, 2.45) is 0 Å². The third-order valence-corrected chi connectivity index (χ3v) is 5.78. The normalized spacial score (nSPS) is 16.4. The molecule has 0 radical (unpaired) electrons. The Labute approximate surface area is 168 Å². The quantitative estimate of drug-likeness (QED) is 0.166. The third kappa shape index (κ3) is 9.58. The zero-order valence-corrected chi connectivity index (χ0v) is 18.2. The number of hydrogen-bond donors (Lipinski definition) is 0. The smallest absolute Gasteiger partial charge is 0.230 e. The SMILES string of the molecule is CCCCCCCC=C(C)C(CCCCCCCCC)N1C(=O)CCC1=O. The summed E-state index contributed by atoms with van der Waals surface area (Å²) in [4.78, 5) is 26.1. The molecule has 0 aromatic rings. The number of nitrogens with zero attached hydrogens (tertiary/aromatic N) is 1. The van der Waals surface area contributed by atoms with Crippen molar-refractivity contribution in [2.75, 3.05) is 0 Å². The highest BCUT2D eigenvalue weighted by molar-refractivity contribution is 6.02. The molecule has 27 heavy (non-hydrogen) atoms. The molecular weight excluding hydrogens is 334 g/mol. The van der Waals surface area contributed by atoms with Crippen LogP contribution in [-0.4, -0.2) is 22.8 Å². The Morgan fingerprint density at radius 3 is 1.85 bits per heavy atom. The molecule has 0 N–H and O–H groups in total. The second-order valence-electron chi connectivity index (χ2n) is 8.23. The summed E-state index contributed by atoms with van der Waals surface area (Å²) in [7, 11) is 0. The van der Waals surface area contributed by atoms with Crippen LogP contribution in [0.15, 0.2) is 11.6 Å². The molecule has 2 amide bonds. The number of unbranched alkanes of at least 4 members (excludes halogenated alkanes) is 11. The van der Waals surface area contributed by atoms with E-state index in [0.717, 1.165) is 19.3 Å². The first-order valence-corrected chi connectivity index (χ1v) is 11.6. The fraction of sp³-hybridized carbons (Fsp3) is 0.833. The second-order valence-corrected chi connectivity index (χ2v) is 8.23. The van der Waals surface area contributed by atoms with Crippen LogP contribution in [-0.2, 0) is 9.59 Å². The number of hydrogen-bond acceptors (Lipinski definition) is 2. The van der Waals surface area contributed by atoms with E-state index in [1.165, 1.54) is 76.2 Å². The van der Waals surface area contributed by atoms with E-state index < -0.39 is 0 Å². The summed E-state index contributed by atoms with van der Waals surface area (Å²) in [5.74, 6) is 0.0623. The predicted octanol–water partition coefficient (Wildman–Crippen LogP) is 6.95. The molecule has 1 heterocycles. The van der Waals surface area contributed by atoms with E-state index in [1.807, 2.05) is 0 Å². The molecule has 1 rings (SSSR count). The van der Waals surface area contributed by atoms with Crippen LogP contribution in [0.25, 0.3) is 0 Å². The Morgan fingerprint density at radius 1 is 0.815 bits per heavy atom. The number of carbonyl (C=O) groups excluding carboxylic acids is 2. The fourth-order valence-corrected chi connectivity index (χ4v) is 4.01. The molecule has 0 spiro atoms. The Hall–Kier alpha value is -1.12. The van der Waals surface area contributed by atoms with Crippen LogP contribution in [0.5, 0.6) is 0 Å². The van der Waals surface area contributed by atoms with Crippen molar-refractivity contribution in [3.8, 4) is 0 Å². The topological polar surface area (TPSA) is 37.4 Å². The summed E-state index contributed by atoms with van der Waals surface area (Å²) >= 11 is 0. The highest BCUT2D eigenvalue weighted by atomic mass is 16.2. The number of amides is 2. The van der Waals surface area contributed by atoms with Crippen LogP contribution in [0, 0.1) is 0 Å². The van der Waals surface area contributed by atoms with Gasteiger partial charge >= 0.3 is 0 Å². The summed E-state index contributed by atoms with van der Waals surface area (Å²) in [5, 5.41) is 0. The van der Waals surface area contributed by atoms with Crippen LogP contribution in [0.1, 0.15) is 124 Å². The Morgan fingerprint density at radius 2 is 1.30 bits per heavy atom. The molecule has 1 atom stereocenters. The standard InChI is InChI=1S/C24H43NO2/c1-4-6-8-10-12-14-16-18-22(25-23(26)19-20-24(25)27)21(3)17-15-13-11-9-7-5-2/h17,22H,4-16,18-20H2,1-3H3. The fourth-order valence-electron chi connectivity index (χ4n) is 4.01. The van der Waals surface area contributed by atoms with Gasteiger partial charge in [-0.2, -0.15) is 0 Å². The van der Waals surface area contributed by atoms with Gasteiger partial charge in [-0.05, 0) is 26.2 Å². The summed E-state index contributed by atoms with van der Waals surface area (Å²) in [6.45, 7) is 6.60. The molecule has 3 heteroatoms. The van der Waals surface area contributed by atoms with Gasteiger partial charge in [-0.25, -0.2) is 0 Å².